The Balaban J connectivity index is 1.45. The van der Waals surface area contributed by atoms with Crippen molar-refractivity contribution in [2.45, 2.75) is 103 Å². The Bertz CT molecular complexity index is 723. The molecule has 176 valence electrons. The van der Waals surface area contributed by atoms with Crippen LogP contribution in [-0.2, 0) is 4.84 Å². The summed E-state index contributed by atoms with van der Waals surface area (Å²) in [6.07, 6.45) is 15.2. The maximum Gasteiger partial charge on any atom is 0.118 e. The van der Waals surface area contributed by atoms with E-state index in [1.165, 1.54) is 19.3 Å². The predicted molar refractivity (Wildman–Crippen MR) is 125 cm³/mol. The Morgan fingerprint density at radius 3 is 2.65 bits per heavy atom. The maximum absolute atomic E-state index is 11.8. The molecule has 0 heterocycles. The highest BCUT2D eigenvalue weighted by atomic mass is 16.6. The standard InChI is InChI=1S/C26H44N2O3/c1-19(18-28-31-15-5-14-27)16-25(29)13-12-24(3)20(17-25)6-7-22-21(24)8-11-23(2)9-4-10-26(22,23)30/h16,18,20-22,29-30H,4-15,17,27H2,1-3H3/t20-,21+,22-,23+,24+,25-,26+/m1/s1. The predicted octanol–water partition coefficient (Wildman–Crippen LogP) is 4.56. The van der Waals surface area contributed by atoms with Gasteiger partial charge < -0.3 is 20.8 Å². The molecule has 0 aromatic heterocycles. The van der Waals surface area contributed by atoms with Crippen molar-refractivity contribution in [3.8, 4) is 0 Å². The van der Waals surface area contributed by atoms with E-state index in [4.69, 9.17) is 10.6 Å². The van der Waals surface area contributed by atoms with Crippen LogP contribution in [0, 0.1) is 28.6 Å². The van der Waals surface area contributed by atoms with Crippen LogP contribution in [0.2, 0.25) is 0 Å². The molecular weight excluding hydrogens is 388 g/mol. The zero-order valence-electron chi connectivity index (χ0n) is 19.9. The molecule has 4 saturated carbocycles. The molecule has 0 unspecified atom stereocenters. The van der Waals surface area contributed by atoms with Crippen LogP contribution in [-0.4, -0.2) is 40.8 Å². The van der Waals surface area contributed by atoms with Gasteiger partial charge in [0, 0.05) is 0 Å². The average molecular weight is 433 g/mol. The summed E-state index contributed by atoms with van der Waals surface area (Å²) in [6, 6.07) is 0. The normalized spacial score (nSPS) is 47.7. The molecule has 31 heavy (non-hydrogen) atoms. The van der Waals surface area contributed by atoms with Crippen molar-refractivity contribution in [3.05, 3.63) is 11.6 Å². The lowest BCUT2D eigenvalue weighted by Crippen LogP contribution is -2.61. The first-order valence-electron chi connectivity index (χ1n) is 12.7. The van der Waals surface area contributed by atoms with E-state index in [-0.39, 0.29) is 10.8 Å². The topological polar surface area (TPSA) is 88.1 Å². The summed E-state index contributed by atoms with van der Waals surface area (Å²) in [4.78, 5) is 5.22. The molecule has 4 aliphatic carbocycles. The molecule has 0 spiro atoms. The number of rotatable bonds is 6. The fraction of sp³-hybridized carbons (Fsp3) is 0.885. The van der Waals surface area contributed by atoms with Gasteiger partial charge in [0.25, 0.3) is 0 Å². The summed E-state index contributed by atoms with van der Waals surface area (Å²) in [5.41, 5.74) is 5.54. The van der Waals surface area contributed by atoms with Gasteiger partial charge in [0.15, 0.2) is 0 Å². The number of hydrogen-bond acceptors (Lipinski definition) is 5. The monoisotopic (exact) mass is 432 g/mol. The first kappa shape index (κ1) is 23.3. The molecular formula is C26H44N2O3. The van der Waals surface area contributed by atoms with E-state index in [2.05, 4.69) is 19.0 Å². The molecule has 4 aliphatic rings. The molecule has 4 N–H and O–H groups in total. The largest absolute Gasteiger partial charge is 0.396 e. The van der Waals surface area contributed by atoms with E-state index in [1.807, 2.05) is 13.0 Å². The van der Waals surface area contributed by atoms with E-state index < -0.39 is 11.2 Å². The van der Waals surface area contributed by atoms with Crippen molar-refractivity contribution in [2.75, 3.05) is 13.2 Å². The number of hydrogen-bond donors (Lipinski definition) is 3. The molecule has 5 nitrogen and oxygen atoms in total. The van der Waals surface area contributed by atoms with Gasteiger partial charge in [0.2, 0.25) is 0 Å². The van der Waals surface area contributed by atoms with Gasteiger partial charge >= 0.3 is 0 Å². The lowest BCUT2D eigenvalue weighted by Gasteiger charge is -2.63. The summed E-state index contributed by atoms with van der Waals surface area (Å²) in [6.45, 7) is 7.93. The fourth-order valence-corrected chi connectivity index (χ4v) is 8.14. The van der Waals surface area contributed by atoms with Gasteiger partial charge in [-0.2, -0.15) is 0 Å². The van der Waals surface area contributed by atoms with Crippen molar-refractivity contribution in [2.24, 2.45) is 39.5 Å². The highest BCUT2D eigenvalue weighted by Crippen LogP contribution is 2.68. The van der Waals surface area contributed by atoms with Crippen LogP contribution in [0.4, 0.5) is 0 Å². The molecule has 0 aromatic rings. The summed E-state index contributed by atoms with van der Waals surface area (Å²) in [5.74, 6) is 1.55. The second-order valence-electron chi connectivity index (χ2n) is 11.8. The van der Waals surface area contributed by atoms with Crippen LogP contribution >= 0.6 is 0 Å². The maximum atomic E-state index is 11.8. The van der Waals surface area contributed by atoms with Gasteiger partial charge in [-0.3, -0.25) is 0 Å². The van der Waals surface area contributed by atoms with E-state index >= 15 is 0 Å². The molecule has 7 atom stereocenters. The highest BCUT2D eigenvalue weighted by molar-refractivity contribution is 5.77. The summed E-state index contributed by atoms with van der Waals surface area (Å²) < 4.78 is 0. The number of allylic oxidation sites excluding steroid dienone is 1. The molecule has 0 bridgehead atoms. The molecule has 0 amide bonds. The van der Waals surface area contributed by atoms with Crippen LogP contribution in [0.5, 0.6) is 0 Å². The van der Waals surface area contributed by atoms with Gasteiger partial charge in [-0.1, -0.05) is 19.0 Å². The van der Waals surface area contributed by atoms with Crippen LogP contribution in [0.15, 0.2) is 16.8 Å². The average Bonchev–Trinajstić information content (AvgIpc) is 3.03. The Kier molecular flexibility index (Phi) is 6.35. The number of fused-ring (bicyclic) bond motifs is 5. The first-order chi connectivity index (χ1) is 14.7. The molecule has 5 heteroatoms. The minimum Gasteiger partial charge on any atom is -0.396 e. The number of nitrogens with two attached hydrogens (primary N) is 1. The second kappa shape index (κ2) is 8.46. The number of nitrogens with zero attached hydrogens (tertiary/aromatic N) is 1. The minimum atomic E-state index is -0.766. The van der Waals surface area contributed by atoms with Crippen LogP contribution in [0.1, 0.15) is 91.4 Å². The van der Waals surface area contributed by atoms with Crippen molar-refractivity contribution in [1.29, 1.82) is 0 Å². The van der Waals surface area contributed by atoms with Crippen LogP contribution in [0.25, 0.3) is 0 Å². The SMILES string of the molecule is CC(C=NOCCCN)=C[C@]1(O)CC[C@@]2(C)[C@H](CC[C@@H]3[C@@H]2CC[C@]2(C)CCC[C@]32O)C1. The quantitative estimate of drug-likeness (QED) is 0.326. The van der Waals surface area contributed by atoms with Gasteiger partial charge in [-0.25, -0.2) is 0 Å². The van der Waals surface area contributed by atoms with Crippen molar-refractivity contribution in [1.82, 2.24) is 0 Å². The lowest BCUT2D eigenvalue weighted by atomic mass is 9.43. The Morgan fingerprint density at radius 2 is 1.87 bits per heavy atom. The Hall–Kier alpha value is -0.910. The van der Waals surface area contributed by atoms with Crippen LogP contribution < -0.4 is 5.73 Å². The summed E-state index contributed by atoms with van der Waals surface area (Å²) in [7, 11) is 0. The molecule has 0 aromatic carbocycles. The summed E-state index contributed by atoms with van der Waals surface area (Å²) >= 11 is 0. The smallest absolute Gasteiger partial charge is 0.118 e. The van der Waals surface area contributed by atoms with Gasteiger partial charge in [-0.15, -0.1) is 0 Å². The van der Waals surface area contributed by atoms with E-state index in [0.29, 0.717) is 30.9 Å². The zero-order valence-corrected chi connectivity index (χ0v) is 19.9. The zero-order chi connectivity index (χ0) is 22.3. The lowest BCUT2D eigenvalue weighted by molar-refractivity contribution is -0.206. The highest BCUT2D eigenvalue weighted by Gasteiger charge is 2.65. The van der Waals surface area contributed by atoms with Crippen molar-refractivity contribution >= 4 is 6.21 Å². The number of oxime groups is 1. The third-order valence-corrected chi connectivity index (χ3v) is 10.0. The second-order valence-corrected chi connectivity index (χ2v) is 11.8. The fourth-order valence-electron chi connectivity index (χ4n) is 8.14. The van der Waals surface area contributed by atoms with E-state index in [1.54, 1.807) is 6.21 Å². The first-order valence-corrected chi connectivity index (χ1v) is 12.7. The van der Waals surface area contributed by atoms with Crippen molar-refractivity contribution in [3.63, 3.8) is 0 Å². The van der Waals surface area contributed by atoms with Gasteiger partial charge in [-0.05, 0) is 124 Å². The molecule has 4 rings (SSSR count). The molecule has 0 saturated heterocycles. The van der Waals surface area contributed by atoms with Crippen molar-refractivity contribution < 1.29 is 15.1 Å². The Labute approximate surface area is 188 Å². The number of aliphatic hydroxyl groups is 2. The third kappa shape index (κ3) is 4.00. The Morgan fingerprint density at radius 1 is 1.06 bits per heavy atom. The molecule has 0 radical (unpaired) electrons. The molecule has 0 aliphatic heterocycles. The van der Waals surface area contributed by atoms with Crippen LogP contribution in [0.3, 0.4) is 0 Å². The third-order valence-electron chi connectivity index (χ3n) is 10.0. The summed E-state index contributed by atoms with van der Waals surface area (Å²) in [5, 5.41) is 27.3. The molecule has 4 fully saturated rings. The van der Waals surface area contributed by atoms with Gasteiger partial charge in [0.1, 0.15) is 6.61 Å². The van der Waals surface area contributed by atoms with E-state index in [0.717, 1.165) is 56.9 Å². The van der Waals surface area contributed by atoms with E-state index in [9.17, 15) is 10.2 Å². The minimum absolute atomic E-state index is 0.123. The van der Waals surface area contributed by atoms with Gasteiger partial charge in [0.05, 0.1) is 17.4 Å².